The molecule has 1 saturated carbocycles. The van der Waals surface area contributed by atoms with E-state index in [9.17, 15) is 18.0 Å². The van der Waals surface area contributed by atoms with Crippen LogP contribution in [0.25, 0.3) is 0 Å². The van der Waals surface area contributed by atoms with Gasteiger partial charge < -0.3 is 15.0 Å². The number of aryl methyl sites for hydroxylation is 1. The first-order valence-corrected chi connectivity index (χ1v) is 19.1. The van der Waals surface area contributed by atoms with Crippen molar-refractivity contribution in [2.45, 2.75) is 75.9 Å². The highest BCUT2D eigenvalue weighted by molar-refractivity contribution is 9.10. The summed E-state index contributed by atoms with van der Waals surface area (Å²) in [5, 5.41) is 3.25. The van der Waals surface area contributed by atoms with Crippen LogP contribution in [0, 0.1) is 6.92 Å². The van der Waals surface area contributed by atoms with Gasteiger partial charge in [0, 0.05) is 23.5 Å². The van der Waals surface area contributed by atoms with Crippen LogP contribution in [0.5, 0.6) is 5.75 Å². The summed E-state index contributed by atoms with van der Waals surface area (Å²) in [5.41, 5.74) is 3.07. The summed E-state index contributed by atoms with van der Waals surface area (Å²) < 4.78 is 36.1. The molecule has 1 fully saturated rings. The molecular formula is C39H44BrN3O5S. The van der Waals surface area contributed by atoms with Gasteiger partial charge in [-0.25, -0.2) is 8.42 Å². The van der Waals surface area contributed by atoms with Gasteiger partial charge >= 0.3 is 0 Å². The van der Waals surface area contributed by atoms with Crippen LogP contribution >= 0.6 is 15.9 Å². The minimum Gasteiger partial charge on any atom is -0.494 e. The van der Waals surface area contributed by atoms with E-state index in [2.05, 4.69) is 21.2 Å². The van der Waals surface area contributed by atoms with E-state index in [0.29, 0.717) is 18.0 Å². The number of carbonyl (C=O) groups excluding carboxylic acids is 2. The van der Waals surface area contributed by atoms with Gasteiger partial charge in [0.2, 0.25) is 11.8 Å². The van der Waals surface area contributed by atoms with Crippen molar-refractivity contribution in [2.75, 3.05) is 17.5 Å². The SMILES string of the molecule is CCOc1ccc(N(CC(=O)N(Cc2cccc(C)c2)C(Cc2ccccc2)C(=O)NC2CCCCC2)S(=O)(=O)c2ccc(Br)cc2)cc1. The second-order valence-corrected chi connectivity index (χ2v) is 15.2. The highest BCUT2D eigenvalue weighted by atomic mass is 79.9. The van der Waals surface area contributed by atoms with Crippen LogP contribution in [0.15, 0.2) is 112 Å². The molecule has 1 aliphatic rings. The third-order valence-corrected chi connectivity index (χ3v) is 11.1. The Kier molecular flexibility index (Phi) is 12.5. The molecule has 8 nitrogen and oxygen atoms in total. The lowest BCUT2D eigenvalue weighted by atomic mass is 9.94. The topological polar surface area (TPSA) is 96.0 Å². The van der Waals surface area contributed by atoms with Gasteiger partial charge in [0.25, 0.3) is 10.0 Å². The smallest absolute Gasteiger partial charge is 0.264 e. The molecule has 258 valence electrons. The number of amides is 2. The Balaban J connectivity index is 1.56. The maximum atomic E-state index is 14.8. The van der Waals surface area contributed by atoms with Crippen molar-refractivity contribution in [2.24, 2.45) is 0 Å². The number of benzene rings is 4. The first kappa shape index (κ1) is 36.1. The zero-order valence-corrected chi connectivity index (χ0v) is 30.5. The molecule has 0 spiro atoms. The highest BCUT2D eigenvalue weighted by Crippen LogP contribution is 2.28. The van der Waals surface area contributed by atoms with Crippen LogP contribution in [0.3, 0.4) is 0 Å². The zero-order valence-electron chi connectivity index (χ0n) is 28.1. The van der Waals surface area contributed by atoms with Crippen LogP contribution in [-0.4, -0.2) is 50.4 Å². The zero-order chi connectivity index (χ0) is 34.8. The quantitative estimate of drug-likeness (QED) is 0.145. The van der Waals surface area contributed by atoms with Gasteiger partial charge in [0.1, 0.15) is 18.3 Å². The van der Waals surface area contributed by atoms with E-state index in [-0.39, 0.29) is 29.8 Å². The lowest BCUT2D eigenvalue weighted by Gasteiger charge is -2.35. The van der Waals surface area contributed by atoms with Crippen LogP contribution in [-0.2, 0) is 32.6 Å². The Morgan fingerprint density at radius 1 is 0.878 bits per heavy atom. The monoisotopic (exact) mass is 745 g/mol. The predicted molar refractivity (Wildman–Crippen MR) is 197 cm³/mol. The Morgan fingerprint density at radius 2 is 1.55 bits per heavy atom. The molecule has 4 aromatic rings. The van der Waals surface area contributed by atoms with Crippen LogP contribution < -0.4 is 14.4 Å². The van der Waals surface area contributed by atoms with E-state index < -0.39 is 28.5 Å². The number of carbonyl (C=O) groups is 2. The molecule has 0 aromatic heterocycles. The maximum Gasteiger partial charge on any atom is 0.264 e. The fourth-order valence-corrected chi connectivity index (χ4v) is 7.92. The third kappa shape index (κ3) is 9.73. The van der Waals surface area contributed by atoms with E-state index in [4.69, 9.17) is 4.74 Å². The summed E-state index contributed by atoms with van der Waals surface area (Å²) >= 11 is 3.38. The fraction of sp³-hybridized carbons (Fsp3) is 0.333. The summed E-state index contributed by atoms with van der Waals surface area (Å²) in [4.78, 5) is 30.6. The molecule has 49 heavy (non-hydrogen) atoms. The van der Waals surface area contributed by atoms with Crippen LogP contribution in [0.2, 0.25) is 0 Å². The molecule has 4 aromatic carbocycles. The van der Waals surface area contributed by atoms with E-state index >= 15 is 0 Å². The van der Waals surface area contributed by atoms with Gasteiger partial charge in [-0.15, -0.1) is 0 Å². The fourth-order valence-electron chi connectivity index (χ4n) is 6.24. The van der Waals surface area contributed by atoms with Gasteiger partial charge in [-0.1, -0.05) is 95.4 Å². The molecule has 5 rings (SSSR count). The lowest BCUT2D eigenvalue weighted by molar-refractivity contribution is -0.140. The van der Waals surface area contributed by atoms with Crippen molar-refractivity contribution in [3.63, 3.8) is 0 Å². The molecule has 0 aliphatic heterocycles. The minimum atomic E-state index is -4.21. The van der Waals surface area contributed by atoms with Crippen LogP contribution in [0.1, 0.15) is 55.7 Å². The van der Waals surface area contributed by atoms with Gasteiger partial charge in [-0.2, -0.15) is 0 Å². The maximum absolute atomic E-state index is 14.8. The van der Waals surface area contributed by atoms with E-state index in [1.54, 1.807) is 41.3 Å². The number of hydrogen-bond donors (Lipinski definition) is 1. The molecule has 0 bridgehead atoms. The predicted octanol–water partition coefficient (Wildman–Crippen LogP) is 7.44. The molecule has 2 amide bonds. The normalized spacial score (nSPS) is 14.1. The number of anilines is 1. The van der Waals surface area contributed by atoms with Crippen molar-refractivity contribution in [1.29, 1.82) is 0 Å². The number of hydrogen-bond acceptors (Lipinski definition) is 5. The molecule has 0 saturated heterocycles. The van der Waals surface area contributed by atoms with E-state index in [1.807, 2.05) is 68.4 Å². The second kappa shape index (κ2) is 17.0. The summed E-state index contributed by atoms with van der Waals surface area (Å²) in [5.74, 6) is -0.141. The first-order chi connectivity index (χ1) is 23.6. The lowest BCUT2D eigenvalue weighted by Crippen LogP contribution is -2.55. The summed E-state index contributed by atoms with van der Waals surface area (Å²) in [6, 6.07) is 29.6. The first-order valence-electron chi connectivity index (χ1n) is 16.8. The second-order valence-electron chi connectivity index (χ2n) is 12.5. The molecule has 0 heterocycles. The van der Waals surface area contributed by atoms with E-state index in [1.165, 1.54) is 12.1 Å². The number of sulfonamides is 1. The average Bonchev–Trinajstić information content (AvgIpc) is 3.10. The Bertz CT molecular complexity index is 1790. The molecular weight excluding hydrogens is 702 g/mol. The average molecular weight is 747 g/mol. The van der Waals surface area contributed by atoms with Gasteiger partial charge in [0.15, 0.2) is 0 Å². The molecule has 1 unspecified atom stereocenters. The largest absolute Gasteiger partial charge is 0.494 e. The molecule has 0 radical (unpaired) electrons. The van der Waals surface area contributed by atoms with Crippen molar-refractivity contribution in [3.05, 3.63) is 124 Å². The molecule has 10 heteroatoms. The summed E-state index contributed by atoms with van der Waals surface area (Å²) in [7, 11) is -4.21. The molecule has 1 N–H and O–H groups in total. The number of rotatable bonds is 14. The minimum absolute atomic E-state index is 0.0357. The highest BCUT2D eigenvalue weighted by Gasteiger charge is 2.35. The number of halogens is 1. The van der Waals surface area contributed by atoms with Gasteiger partial charge in [-0.05, 0) is 86.3 Å². The number of nitrogens with one attached hydrogen (secondary N) is 1. The van der Waals surface area contributed by atoms with E-state index in [0.717, 1.165) is 57.6 Å². The third-order valence-electron chi connectivity index (χ3n) is 8.77. The summed E-state index contributed by atoms with van der Waals surface area (Å²) in [6.07, 6.45) is 5.31. The Labute approximate surface area is 298 Å². The standard InChI is InChI=1S/C39H44BrN3O5S/c1-3-48-35-21-19-34(20-22-35)43(49(46,47)36-23-17-32(40)18-24-36)28-38(44)42(27-31-14-10-11-29(2)25-31)37(26-30-12-6-4-7-13-30)39(45)41-33-15-8-5-9-16-33/h4,6-7,10-14,17-25,33,37H,3,5,8-9,15-16,26-28H2,1-2H3,(H,41,45). The molecule has 1 aliphatic carbocycles. The van der Waals surface area contributed by atoms with Gasteiger partial charge in [-0.3, -0.25) is 13.9 Å². The van der Waals surface area contributed by atoms with Gasteiger partial charge in [0.05, 0.1) is 17.2 Å². The van der Waals surface area contributed by atoms with Crippen molar-refractivity contribution in [1.82, 2.24) is 10.2 Å². The summed E-state index contributed by atoms with van der Waals surface area (Å²) in [6.45, 7) is 3.92. The molecule has 1 atom stereocenters. The Hall–Kier alpha value is -4.15. The van der Waals surface area contributed by atoms with Crippen LogP contribution in [0.4, 0.5) is 5.69 Å². The Morgan fingerprint density at radius 3 is 2.20 bits per heavy atom. The van der Waals surface area contributed by atoms with Crippen molar-refractivity contribution < 1.29 is 22.7 Å². The van der Waals surface area contributed by atoms with Crippen molar-refractivity contribution in [3.8, 4) is 5.75 Å². The number of ether oxygens (including phenoxy) is 1. The van der Waals surface area contributed by atoms with Crippen molar-refractivity contribution >= 4 is 43.5 Å². The number of nitrogens with zero attached hydrogens (tertiary/aromatic N) is 2.